The van der Waals surface area contributed by atoms with Gasteiger partial charge in [0, 0.05) is 36.3 Å². The van der Waals surface area contributed by atoms with E-state index in [0.29, 0.717) is 11.4 Å². The highest BCUT2D eigenvalue weighted by Gasteiger charge is 2.32. The van der Waals surface area contributed by atoms with Crippen molar-refractivity contribution in [3.8, 4) is 0 Å². The molecular weight excluding hydrogens is 414 g/mol. The number of hydrogen-bond acceptors (Lipinski definition) is 7. The summed E-state index contributed by atoms with van der Waals surface area (Å²) in [5.41, 5.74) is 1.78. The van der Waals surface area contributed by atoms with Crippen LogP contribution in [0.25, 0.3) is 0 Å². The van der Waals surface area contributed by atoms with Crippen LogP contribution in [0, 0.1) is 6.92 Å². The van der Waals surface area contributed by atoms with Crippen LogP contribution < -0.4 is 10.2 Å². The fraction of sp³-hybridized carbons (Fsp3) is 0.409. The number of nitrogens with one attached hydrogen (secondary N) is 1. The molecule has 0 spiro atoms. The number of nitrogens with zero attached hydrogens (tertiary/aromatic N) is 4. The monoisotopic (exact) mass is 441 g/mol. The number of likely N-dealkylation sites (N-methyl/N-ethyl adjacent to an activating group) is 2. The predicted octanol–water partition coefficient (Wildman–Crippen LogP) is 2.74. The molecule has 1 atom stereocenters. The van der Waals surface area contributed by atoms with Gasteiger partial charge in [-0.1, -0.05) is 0 Å². The number of amides is 2. The minimum Gasteiger partial charge on any atom is -0.442 e. The fourth-order valence-corrected chi connectivity index (χ4v) is 4.46. The summed E-state index contributed by atoms with van der Waals surface area (Å²) in [5, 5.41) is 9.46. The normalized spacial score (nSPS) is 18.8. The average molecular weight is 442 g/mol. The number of cyclic esters (lactones) is 1. The van der Waals surface area contributed by atoms with E-state index < -0.39 is 6.09 Å². The van der Waals surface area contributed by atoms with Gasteiger partial charge in [-0.25, -0.2) is 4.79 Å². The highest BCUT2D eigenvalue weighted by atomic mass is 32.1. The van der Waals surface area contributed by atoms with E-state index in [1.54, 1.807) is 11.0 Å². The molecule has 2 amide bonds. The van der Waals surface area contributed by atoms with Crippen LogP contribution >= 0.6 is 11.3 Å². The SMILES string of the molecule is CCN1CCN(C)N=C1c1ccc(N2CC(CNC(=O)c3ccc(C)s3)OC2=O)cc1. The average Bonchev–Trinajstić information content (AvgIpc) is 3.37. The Hall–Kier alpha value is -3.07. The van der Waals surface area contributed by atoms with Crippen molar-refractivity contribution in [2.45, 2.75) is 20.0 Å². The number of rotatable bonds is 6. The van der Waals surface area contributed by atoms with Crippen molar-refractivity contribution in [1.29, 1.82) is 0 Å². The molecule has 1 N–H and O–H groups in total. The first-order valence-corrected chi connectivity index (χ1v) is 11.2. The Bertz CT molecular complexity index is 987. The van der Waals surface area contributed by atoms with Gasteiger partial charge in [0.15, 0.2) is 5.84 Å². The number of benzene rings is 1. The van der Waals surface area contributed by atoms with Crippen molar-refractivity contribution in [1.82, 2.24) is 15.2 Å². The first-order valence-electron chi connectivity index (χ1n) is 10.4. The van der Waals surface area contributed by atoms with Crippen molar-refractivity contribution in [2.24, 2.45) is 5.10 Å². The number of carbonyl (C=O) groups is 2. The first kappa shape index (κ1) is 21.2. The number of hydrazone groups is 1. The van der Waals surface area contributed by atoms with E-state index in [1.165, 1.54) is 11.3 Å². The molecule has 2 aliphatic heterocycles. The summed E-state index contributed by atoms with van der Waals surface area (Å²) in [4.78, 5) is 30.2. The van der Waals surface area contributed by atoms with E-state index in [2.05, 4.69) is 22.2 Å². The summed E-state index contributed by atoms with van der Waals surface area (Å²) in [5.74, 6) is 0.798. The number of carbonyl (C=O) groups excluding carboxylic acids is 2. The number of hydrogen-bond donors (Lipinski definition) is 1. The molecule has 2 aliphatic rings. The second kappa shape index (κ2) is 8.97. The highest BCUT2D eigenvalue weighted by Crippen LogP contribution is 2.23. The lowest BCUT2D eigenvalue weighted by Gasteiger charge is -2.32. The number of amidine groups is 1. The van der Waals surface area contributed by atoms with E-state index in [-0.39, 0.29) is 18.6 Å². The van der Waals surface area contributed by atoms with Crippen LogP contribution in [-0.4, -0.2) is 73.6 Å². The molecule has 1 fully saturated rings. The third kappa shape index (κ3) is 4.66. The highest BCUT2D eigenvalue weighted by molar-refractivity contribution is 7.13. The molecule has 0 saturated carbocycles. The van der Waals surface area contributed by atoms with Gasteiger partial charge in [-0.05, 0) is 50.2 Å². The molecule has 0 aliphatic carbocycles. The van der Waals surface area contributed by atoms with Gasteiger partial charge in [0.05, 0.1) is 24.5 Å². The number of thiophene rings is 1. The minimum absolute atomic E-state index is 0.143. The standard InChI is InChI=1S/C22H27N5O3S/c1-4-26-12-11-25(3)24-20(26)16-6-8-17(9-7-16)27-14-18(30-22(27)29)13-23-21(28)19-10-5-15(2)31-19/h5-10,18H,4,11-14H2,1-3H3,(H,23,28). The lowest BCUT2D eigenvalue weighted by Crippen LogP contribution is -2.42. The summed E-state index contributed by atoms with van der Waals surface area (Å²) < 4.78 is 5.45. The quantitative estimate of drug-likeness (QED) is 0.746. The van der Waals surface area contributed by atoms with Crippen molar-refractivity contribution in [3.05, 3.63) is 51.7 Å². The Labute approximate surface area is 186 Å². The zero-order chi connectivity index (χ0) is 22.0. The Balaban J connectivity index is 1.38. The van der Waals surface area contributed by atoms with Crippen LogP contribution in [0.4, 0.5) is 10.5 Å². The second-order valence-corrected chi connectivity index (χ2v) is 8.96. The van der Waals surface area contributed by atoms with Crippen LogP contribution in [0.2, 0.25) is 0 Å². The van der Waals surface area contributed by atoms with E-state index in [9.17, 15) is 9.59 Å². The van der Waals surface area contributed by atoms with Gasteiger partial charge in [0.25, 0.3) is 5.91 Å². The fourth-order valence-electron chi connectivity index (χ4n) is 3.67. The van der Waals surface area contributed by atoms with Gasteiger partial charge < -0.3 is 15.0 Å². The molecule has 0 bridgehead atoms. The molecule has 31 heavy (non-hydrogen) atoms. The van der Waals surface area contributed by atoms with Gasteiger partial charge in [-0.15, -0.1) is 11.3 Å². The Kier molecular flexibility index (Phi) is 6.13. The van der Waals surface area contributed by atoms with Gasteiger partial charge in [0.2, 0.25) is 0 Å². The third-order valence-electron chi connectivity index (χ3n) is 5.41. The topological polar surface area (TPSA) is 77.5 Å². The Morgan fingerprint density at radius 2 is 2.00 bits per heavy atom. The zero-order valence-electron chi connectivity index (χ0n) is 18.0. The van der Waals surface area contributed by atoms with Crippen molar-refractivity contribution >= 4 is 34.9 Å². The molecule has 1 aromatic carbocycles. The minimum atomic E-state index is -0.399. The van der Waals surface area contributed by atoms with Crippen molar-refractivity contribution < 1.29 is 14.3 Å². The second-order valence-electron chi connectivity index (χ2n) is 7.67. The number of anilines is 1. The lowest BCUT2D eigenvalue weighted by molar-refractivity contribution is 0.0920. The van der Waals surface area contributed by atoms with Crippen LogP contribution in [0.5, 0.6) is 0 Å². The Morgan fingerprint density at radius 3 is 2.68 bits per heavy atom. The van der Waals surface area contributed by atoms with Gasteiger partial charge in [-0.3, -0.25) is 14.7 Å². The molecule has 9 heteroatoms. The van der Waals surface area contributed by atoms with Crippen LogP contribution in [0.15, 0.2) is 41.5 Å². The lowest BCUT2D eigenvalue weighted by atomic mass is 10.1. The summed E-state index contributed by atoms with van der Waals surface area (Å²) in [7, 11) is 1.97. The first-order chi connectivity index (χ1) is 14.9. The summed E-state index contributed by atoms with van der Waals surface area (Å²) in [6, 6.07) is 11.5. The van der Waals surface area contributed by atoms with Gasteiger partial charge in [0.1, 0.15) is 6.10 Å². The van der Waals surface area contributed by atoms with E-state index >= 15 is 0 Å². The predicted molar refractivity (Wildman–Crippen MR) is 122 cm³/mol. The molecule has 4 rings (SSSR count). The molecular formula is C22H27N5O3S. The van der Waals surface area contributed by atoms with Gasteiger partial charge in [-0.2, -0.15) is 5.10 Å². The molecule has 1 saturated heterocycles. The molecule has 164 valence electrons. The number of ether oxygens (including phenoxy) is 1. The van der Waals surface area contributed by atoms with E-state index in [0.717, 1.165) is 41.6 Å². The van der Waals surface area contributed by atoms with Crippen molar-refractivity contribution in [3.63, 3.8) is 0 Å². The molecule has 1 unspecified atom stereocenters. The maximum atomic E-state index is 12.4. The molecule has 2 aromatic rings. The number of aryl methyl sites for hydroxylation is 1. The summed E-state index contributed by atoms with van der Waals surface area (Å²) in [6.45, 7) is 7.49. The molecule has 8 nitrogen and oxygen atoms in total. The zero-order valence-corrected chi connectivity index (χ0v) is 18.8. The maximum absolute atomic E-state index is 12.4. The largest absolute Gasteiger partial charge is 0.442 e. The molecule has 3 heterocycles. The smallest absolute Gasteiger partial charge is 0.414 e. The third-order valence-corrected chi connectivity index (χ3v) is 6.41. The summed E-state index contributed by atoms with van der Waals surface area (Å²) >= 11 is 1.44. The summed E-state index contributed by atoms with van der Waals surface area (Å²) in [6.07, 6.45) is -0.784. The Morgan fingerprint density at radius 1 is 1.23 bits per heavy atom. The van der Waals surface area contributed by atoms with Crippen LogP contribution in [0.3, 0.4) is 0 Å². The van der Waals surface area contributed by atoms with Crippen molar-refractivity contribution in [2.75, 3.05) is 44.7 Å². The van der Waals surface area contributed by atoms with E-state index in [4.69, 9.17) is 4.74 Å². The molecule has 1 aromatic heterocycles. The van der Waals surface area contributed by atoms with Crippen LogP contribution in [-0.2, 0) is 4.74 Å². The maximum Gasteiger partial charge on any atom is 0.414 e. The molecule has 0 radical (unpaired) electrons. The van der Waals surface area contributed by atoms with Crippen LogP contribution in [0.1, 0.15) is 27.0 Å². The van der Waals surface area contributed by atoms with Gasteiger partial charge >= 0.3 is 6.09 Å². The van der Waals surface area contributed by atoms with E-state index in [1.807, 2.05) is 49.3 Å².